The van der Waals surface area contributed by atoms with Gasteiger partial charge in [0.2, 0.25) is 0 Å². The zero-order valence-electron chi connectivity index (χ0n) is 29.2. The maximum absolute atomic E-state index is 12.6. The van der Waals surface area contributed by atoms with Crippen LogP contribution in [0.3, 0.4) is 0 Å². The van der Waals surface area contributed by atoms with E-state index in [0.717, 1.165) is 77.0 Å². The number of carbonyl (C=O) groups excluding carboxylic acids is 1. The summed E-state index contributed by atoms with van der Waals surface area (Å²) in [6.45, 7) is 4.51. The molecule has 0 bridgehead atoms. The maximum Gasteiger partial charge on any atom is 0.306 e. The summed E-state index contributed by atoms with van der Waals surface area (Å²) in [7, 11) is 0. The van der Waals surface area contributed by atoms with Crippen molar-refractivity contribution in [2.45, 2.75) is 206 Å². The summed E-state index contributed by atoms with van der Waals surface area (Å²) in [5, 5.41) is 8.80. The summed E-state index contributed by atoms with van der Waals surface area (Å²) in [4.78, 5) is 23.3. The summed E-state index contributed by atoms with van der Waals surface area (Å²) in [6, 6.07) is 0. The molecule has 0 aromatic carbocycles. The zero-order chi connectivity index (χ0) is 32.2. The van der Waals surface area contributed by atoms with Gasteiger partial charge in [0.1, 0.15) is 6.10 Å². The van der Waals surface area contributed by atoms with Gasteiger partial charge in [-0.2, -0.15) is 0 Å². The first kappa shape index (κ1) is 42.2. The minimum Gasteiger partial charge on any atom is -0.481 e. The molecule has 1 unspecified atom stereocenters. The van der Waals surface area contributed by atoms with Crippen molar-refractivity contribution in [3.63, 3.8) is 0 Å². The van der Waals surface area contributed by atoms with E-state index in [4.69, 9.17) is 9.84 Å². The van der Waals surface area contributed by atoms with Gasteiger partial charge in [-0.25, -0.2) is 0 Å². The minimum absolute atomic E-state index is 0.0107. The van der Waals surface area contributed by atoms with Crippen LogP contribution in [0.15, 0.2) is 36.5 Å². The highest BCUT2D eigenvalue weighted by Crippen LogP contribution is 2.17. The third-order valence-corrected chi connectivity index (χ3v) is 8.33. The van der Waals surface area contributed by atoms with Crippen molar-refractivity contribution in [1.82, 2.24) is 0 Å². The van der Waals surface area contributed by atoms with Crippen molar-refractivity contribution in [3.8, 4) is 0 Å². The number of hydrogen-bond donors (Lipinski definition) is 1. The van der Waals surface area contributed by atoms with Gasteiger partial charge < -0.3 is 9.84 Å². The third-order valence-electron chi connectivity index (χ3n) is 8.33. The molecular weight excluding hydrogens is 544 g/mol. The molecule has 44 heavy (non-hydrogen) atoms. The first-order valence-corrected chi connectivity index (χ1v) is 19.0. The molecule has 0 aromatic heterocycles. The number of unbranched alkanes of at least 4 members (excludes halogenated alkanes) is 19. The lowest BCUT2D eigenvalue weighted by atomic mass is 10.0. The Morgan fingerprint density at radius 3 is 1.50 bits per heavy atom. The number of carboxylic acids is 1. The molecule has 256 valence electrons. The van der Waals surface area contributed by atoms with Crippen molar-refractivity contribution >= 4 is 11.9 Å². The van der Waals surface area contributed by atoms with E-state index in [1.54, 1.807) is 0 Å². The largest absolute Gasteiger partial charge is 0.481 e. The van der Waals surface area contributed by atoms with E-state index in [-0.39, 0.29) is 18.5 Å². The van der Waals surface area contributed by atoms with Crippen LogP contribution in [0, 0.1) is 0 Å². The van der Waals surface area contributed by atoms with Gasteiger partial charge in [-0.1, -0.05) is 134 Å². The van der Waals surface area contributed by atoms with Crippen LogP contribution in [-0.2, 0) is 14.3 Å². The van der Waals surface area contributed by atoms with E-state index in [1.165, 1.54) is 96.3 Å². The predicted octanol–water partition coefficient (Wildman–Crippen LogP) is 13.0. The molecule has 0 aliphatic rings. The third kappa shape index (κ3) is 34.6. The Bertz CT molecular complexity index is 708. The quantitative estimate of drug-likeness (QED) is 0.0444. The molecule has 1 atom stereocenters. The standard InChI is InChI=1S/C40H72O4/c1-3-5-7-9-11-13-15-16-17-18-20-22-24-29-33-37-40(43)44-38(35-31-27-25-28-32-36-39(41)42)34-30-26-23-21-19-14-12-10-8-6-4-2/h12,14,16-17,21,23,38H,3-11,13,15,18-20,22,24-37H2,1-2H3,(H,41,42)/b14-12-,17-16-,23-21-. The number of aliphatic carboxylic acids is 1. The summed E-state index contributed by atoms with van der Waals surface area (Å²) in [6.07, 6.45) is 45.8. The van der Waals surface area contributed by atoms with Gasteiger partial charge in [-0.05, 0) is 89.9 Å². The van der Waals surface area contributed by atoms with Crippen LogP contribution in [0.1, 0.15) is 200 Å². The van der Waals surface area contributed by atoms with Gasteiger partial charge in [-0.3, -0.25) is 9.59 Å². The van der Waals surface area contributed by atoms with Gasteiger partial charge in [0, 0.05) is 12.8 Å². The molecule has 0 radical (unpaired) electrons. The average Bonchev–Trinajstić information content (AvgIpc) is 3.00. The number of rotatable bonds is 34. The zero-order valence-corrected chi connectivity index (χ0v) is 29.2. The van der Waals surface area contributed by atoms with E-state index in [1.807, 2.05) is 0 Å². The first-order valence-electron chi connectivity index (χ1n) is 19.0. The monoisotopic (exact) mass is 617 g/mol. The van der Waals surface area contributed by atoms with Crippen molar-refractivity contribution < 1.29 is 19.4 Å². The van der Waals surface area contributed by atoms with Gasteiger partial charge in [0.15, 0.2) is 0 Å². The lowest BCUT2D eigenvalue weighted by molar-refractivity contribution is -0.150. The molecule has 0 fully saturated rings. The highest BCUT2D eigenvalue weighted by molar-refractivity contribution is 5.69. The summed E-state index contributed by atoms with van der Waals surface area (Å²) in [5.74, 6) is -0.738. The number of hydrogen-bond acceptors (Lipinski definition) is 3. The summed E-state index contributed by atoms with van der Waals surface area (Å²) in [5.41, 5.74) is 0. The Kier molecular flexibility index (Phi) is 34.1. The first-order chi connectivity index (χ1) is 21.6. The van der Waals surface area contributed by atoms with Crippen LogP contribution in [0.4, 0.5) is 0 Å². The fourth-order valence-electron chi connectivity index (χ4n) is 5.51. The normalized spacial score (nSPS) is 12.6. The molecule has 0 aliphatic carbocycles. The molecule has 0 amide bonds. The van der Waals surface area contributed by atoms with E-state index in [2.05, 4.69) is 50.3 Å². The van der Waals surface area contributed by atoms with Gasteiger partial charge >= 0.3 is 11.9 Å². The summed E-state index contributed by atoms with van der Waals surface area (Å²) >= 11 is 0. The molecule has 0 saturated heterocycles. The lowest BCUT2D eigenvalue weighted by Crippen LogP contribution is -2.18. The molecule has 4 heteroatoms. The number of ether oxygens (including phenoxy) is 1. The van der Waals surface area contributed by atoms with Crippen LogP contribution in [0.2, 0.25) is 0 Å². The molecule has 0 rings (SSSR count). The van der Waals surface area contributed by atoms with Crippen molar-refractivity contribution in [2.24, 2.45) is 0 Å². The van der Waals surface area contributed by atoms with Crippen LogP contribution < -0.4 is 0 Å². The predicted molar refractivity (Wildman–Crippen MR) is 190 cm³/mol. The minimum atomic E-state index is -0.708. The second-order valence-electron chi connectivity index (χ2n) is 12.8. The topological polar surface area (TPSA) is 63.6 Å². The van der Waals surface area contributed by atoms with Crippen molar-refractivity contribution in [1.29, 1.82) is 0 Å². The van der Waals surface area contributed by atoms with Crippen LogP contribution >= 0.6 is 0 Å². The van der Waals surface area contributed by atoms with E-state index in [9.17, 15) is 9.59 Å². The Labute approximate surface area is 273 Å². The molecule has 1 N–H and O–H groups in total. The number of allylic oxidation sites excluding steroid dienone is 6. The van der Waals surface area contributed by atoms with Crippen LogP contribution in [-0.4, -0.2) is 23.1 Å². The van der Waals surface area contributed by atoms with E-state index in [0.29, 0.717) is 6.42 Å². The average molecular weight is 617 g/mol. The van der Waals surface area contributed by atoms with E-state index >= 15 is 0 Å². The highest BCUT2D eigenvalue weighted by Gasteiger charge is 2.14. The Hall–Kier alpha value is -1.84. The summed E-state index contributed by atoms with van der Waals surface area (Å²) < 4.78 is 5.96. The molecular formula is C40H72O4. The smallest absolute Gasteiger partial charge is 0.306 e. The van der Waals surface area contributed by atoms with Gasteiger partial charge in [0.05, 0.1) is 0 Å². The molecule has 0 saturated carbocycles. The second-order valence-corrected chi connectivity index (χ2v) is 12.8. The highest BCUT2D eigenvalue weighted by atomic mass is 16.5. The molecule has 0 heterocycles. The maximum atomic E-state index is 12.6. The lowest BCUT2D eigenvalue weighted by Gasteiger charge is -2.18. The van der Waals surface area contributed by atoms with E-state index < -0.39 is 5.97 Å². The van der Waals surface area contributed by atoms with Crippen LogP contribution in [0.5, 0.6) is 0 Å². The number of esters is 1. The second kappa shape index (κ2) is 35.6. The Balaban J connectivity index is 4.11. The molecule has 0 spiro atoms. The number of carbonyl (C=O) groups is 2. The van der Waals surface area contributed by atoms with Crippen LogP contribution in [0.25, 0.3) is 0 Å². The van der Waals surface area contributed by atoms with Gasteiger partial charge in [0.25, 0.3) is 0 Å². The van der Waals surface area contributed by atoms with Crippen molar-refractivity contribution in [3.05, 3.63) is 36.5 Å². The molecule has 4 nitrogen and oxygen atoms in total. The fraction of sp³-hybridized carbons (Fsp3) is 0.800. The number of carboxylic acid groups (broad SMARTS) is 1. The Morgan fingerprint density at radius 2 is 0.909 bits per heavy atom. The fourth-order valence-corrected chi connectivity index (χ4v) is 5.51. The molecule has 0 aromatic rings. The molecule has 0 aliphatic heterocycles. The SMILES string of the molecule is CCCCC/C=C\C/C=C\CCCC(CCCCCCCC(=O)O)OC(=O)CCCCCCC/C=C\CCCCCCCC. The van der Waals surface area contributed by atoms with Crippen molar-refractivity contribution in [2.75, 3.05) is 0 Å². The Morgan fingerprint density at radius 1 is 0.500 bits per heavy atom. The van der Waals surface area contributed by atoms with Gasteiger partial charge in [-0.15, -0.1) is 0 Å².